The Bertz CT molecular complexity index is 437. The van der Waals surface area contributed by atoms with Gasteiger partial charge in [0.25, 0.3) is 0 Å². The molecule has 0 amide bonds. The number of unbranched alkanes of at least 4 members (excludes halogenated alkanes) is 2. The minimum Gasteiger partial charge on any atom is -0.491 e. The molecule has 4 nitrogen and oxygen atoms in total. The summed E-state index contributed by atoms with van der Waals surface area (Å²) in [6.07, 6.45) is 4.96. The van der Waals surface area contributed by atoms with Crippen molar-refractivity contribution in [1.82, 2.24) is 0 Å². The average Bonchev–Trinajstić information content (AvgIpc) is 2.47. The Balaban J connectivity index is 2.40. The number of carbonyl (C=O) groups is 1. The molecule has 124 valence electrons. The lowest BCUT2D eigenvalue weighted by atomic mass is 9.80. The predicted molar refractivity (Wildman–Crippen MR) is 87.6 cm³/mol. The molecule has 1 aromatic rings. The standard InChI is InChI=1S/C18H28O4/c1-4-5-6-11-18(2,3)15-7-9-16(10-8-15)22-13-12-21-14-17(19)20/h7-10H,4-6,11-14H2,1-3H3,(H,19,20). The Hall–Kier alpha value is -1.55. The van der Waals surface area contributed by atoms with Crippen molar-refractivity contribution >= 4 is 5.97 Å². The summed E-state index contributed by atoms with van der Waals surface area (Å²) in [6, 6.07) is 8.15. The summed E-state index contributed by atoms with van der Waals surface area (Å²) < 4.78 is 10.5. The molecule has 22 heavy (non-hydrogen) atoms. The molecule has 0 spiro atoms. The highest BCUT2D eigenvalue weighted by atomic mass is 16.5. The van der Waals surface area contributed by atoms with Crippen molar-refractivity contribution in [3.8, 4) is 5.75 Å². The van der Waals surface area contributed by atoms with Crippen LogP contribution in [0.15, 0.2) is 24.3 Å². The van der Waals surface area contributed by atoms with Crippen molar-refractivity contribution in [2.45, 2.75) is 51.9 Å². The van der Waals surface area contributed by atoms with Crippen LogP contribution < -0.4 is 4.74 Å². The van der Waals surface area contributed by atoms with Gasteiger partial charge in [-0.2, -0.15) is 0 Å². The van der Waals surface area contributed by atoms with E-state index < -0.39 is 5.97 Å². The minimum absolute atomic E-state index is 0.179. The molecule has 4 heteroatoms. The quantitative estimate of drug-likeness (QED) is 0.627. The van der Waals surface area contributed by atoms with E-state index in [1.54, 1.807) is 0 Å². The van der Waals surface area contributed by atoms with Crippen LogP contribution in [-0.4, -0.2) is 30.9 Å². The highest BCUT2D eigenvalue weighted by Gasteiger charge is 2.19. The number of hydrogen-bond donors (Lipinski definition) is 1. The zero-order valence-corrected chi connectivity index (χ0v) is 13.9. The van der Waals surface area contributed by atoms with Crippen LogP contribution in [0.4, 0.5) is 0 Å². The van der Waals surface area contributed by atoms with Gasteiger partial charge >= 0.3 is 5.97 Å². The molecule has 0 aliphatic carbocycles. The summed E-state index contributed by atoms with van der Waals surface area (Å²) in [5.41, 5.74) is 1.50. The average molecular weight is 308 g/mol. The summed E-state index contributed by atoms with van der Waals surface area (Å²) in [7, 11) is 0. The number of benzene rings is 1. The second-order valence-electron chi connectivity index (χ2n) is 6.16. The normalized spacial score (nSPS) is 11.4. The maximum absolute atomic E-state index is 10.3. The molecular weight excluding hydrogens is 280 g/mol. The summed E-state index contributed by atoms with van der Waals surface area (Å²) in [5, 5.41) is 8.45. The van der Waals surface area contributed by atoms with Gasteiger partial charge in [0.1, 0.15) is 19.0 Å². The first-order valence-corrected chi connectivity index (χ1v) is 7.98. The number of aliphatic carboxylic acids is 1. The zero-order valence-electron chi connectivity index (χ0n) is 13.9. The summed E-state index contributed by atoms with van der Waals surface area (Å²) in [5.74, 6) is -0.179. The number of carboxylic acid groups (broad SMARTS) is 1. The highest BCUT2D eigenvalue weighted by Crippen LogP contribution is 2.30. The van der Waals surface area contributed by atoms with Gasteiger partial charge in [-0.15, -0.1) is 0 Å². The minimum atomic E-state index is -0.963. The number of ether oxygens (including phenoxy) is 2. The van der Waals surface area contributed by atoms with Crippen LogP contribution in [0.3, 0.4) is 0 Å². The SMILES string of the molecule is CCCCCC(C)(C)c1ccc(OCCOCC(=O)O)cc1. The molecular formula is C18H28O4. The third-order valence-corrected chi connectivity index (χ3v) is 3.76. The monoisotopic (exact) mass is 308 g/mol. The maximum atomic E-state index is 10.3. The van der Waals surface area contributed by atoms with E-state index in [1.807, 2.05) is 12.1 Å². The fourth-order valence-corrected chi connectivity index (χ4v) is 2.34. The van der Waals surface area contributed by atoms with Crippen molar-refractivity contribution < 1.29 is 19.4 Å². The van der Waals surface area contributed by atoms with Crippen molar-refractivity contribution in [2.24, 2.45) is 0 Å². The van der Waals surface area contributed by atoms with E-state index in [2.05, 4.69) is 32.9 Å². The smallest absolute Gasteiger partial charge is 0.329 e. The fraction of sp³-hybridized carbons (Fsp3) is 0.611. The van der Waals surface area contributed by atoms with Gasteiger partial charge in [0.2, 0.25) is 0 Å². The third-order valence-electron chi connectivity index (χ3n) is 3.76. The van der Waals surface area contributed by atoms with E-state index in [0.717, 1.165) is 5.75 Å². The van der Waals surface area contributed by atoms with Gasteiger partial charge in [-0.25, -0.2) is 4.79 Å². The Labute approximate surface area is 133 Å². The van der Waals surface area contributed by atoms with E-state index in [-0.39, 0.29) is 18.6 Å². The molecule has 1 aromatic carbocycles. The molecule has 0 atom stereocenters. The molecule has 0 aromatic heterocycles. The Morgan fingerprint density at radius 2 is 1.82 bits per heavy atom. The zero-order chi connectivity index (χ0) is 16.4. The van der Waals surface area contributed by atoms with E-state index >= 15 is 0 Å². The molecule has 0 aliphatic rings. The third kappa shape index (κ3) is 6.94. The van der Waals surface area contributed by atoms with E-state index in [0.29, 0.717) is 6.61 Å². The van der Waals surface area contributed by atoms with Gasteiger partial charge in [-0.05, 0) is 29.5 Å². The van der Waals surface area contributed by atoms with E-state index in [1.165, 1.54) is 31.2 Å². The van der Waals surface area contributed by atoms with Gasteiger partial charge in [-0.1, -0.05) is 52.2 Å². The van der Waals surface area contributed by atoms with Crippen LogP contribution >= 0.6 is 0 Å². The second kappa shape index (κ2) is 9.46. The number of carboxylic acids is 1. The molecule has 0 saturated heterocycles. The summed E-state index contributed by atoms with van der Waals surface area (Å²) in [6.45, 7) is 7.12. The van der Waals surface area contributed by atoms with Gasteiger partial charge < -0.3 is 14.6 Å². The molecule has 0 unspecified atom stereocenters. The molecule has 0 bridgehead atoms. The van der Waals surface area contributed by atoms with Crippen molar-refractivity contribution in [1.29, 1.82) is 0 Å². The van der Waals surface area contributed by atoms with Crippen molar-refractivity contribution in [2.75, 3.05) is 19.8 Å². The van der Waals surface area contributed by atoms with E-state index in [4.69, 9.17) is 14.6 Å². The number of hydrogen-bond acceptors (Lipinski definition) is 3. The Morgan fingerprint density at radius 3 is 2.41 bits per heavy atom. The molecule has 0 aliphatic heterocycles. The lowest BCUT2D eigenvalue weighted by Crippen LogP contribution is -2.17. The Kier molecular flexibility index (Phi) is 7.96. The summed E-state index contributed by atoms with van der Waals surface area (Å²) in [4.78, 5) is 10.3. The first kappa shape index (κ1) is 18.5. The predicted octanol–water partition coefficient (Wildman–Crippen LogP) is 4.02. The topological polar surface area (TPSA) is 55.8 Å². The molecule has 0 radical (unpaired) electrons. The van der Waals surface area contributed by atoms with Crippen molar-refractivity contribution in [3.63, 3.8) is 0 Å². The van der Waals surface area contributed by atoms with Gasteiger partial charge in [0.15, 0.2) is 0 Å². The van der Waals surface area contributed by atoms with Crippen LogP contribution in [-0.2, 0) is 14.9 Å². The second-order valence-corrected chi connectivity index (χ2v) is 6.16. The van der Waals surface area contributed by atoms with Crippen LogP contribution in [0.25, 0.3) is 0 Å². The first-order chi connectivity index (χ1) is 10.5. The van der Waals surface area contributed by atoms with Crippen molar-refractivity contribution in [3.05, 3.63) is 29.8 Å². The number of rotatable bonds is 11. The fourth-order valence-electron chi connectivity index (χ4n) is 2.34. The van der Waals surface area contributed by atoms with Crippen LogP contribution in [0, 0.1) is 0 Å². The van der Waals surface area contributed by atoms with Crippen LogP contribution in [0.5, 0.6) is 5.75 Å². The van der Waals surface area contributed by atoms with Gasteiger partial charge in [0.05, 0.1) is 6.61 Å². The molecule has 0 fully saturated rings. The first-order valence-electron chi connectivity index (χ1n) is 7.98. The highest BCUT2D eigenvalue weighted by molar-refractivity contribution is 5.67. The molecule has 0 saturated carbocycles. The van der Waals surface area contributed by atoms with Crippen LogP contribution in [0.1, 0.15) is 52.0 Å². The van der Waals surface area contributed by atoms with Gasteiger partial charge in [-0.3, -0.25) is 0 Å². The molecule has 1 N–H and O–H groups in total. The maximum Gasteiger partial charge on any atom is 0.329 e. The summed E-state index contributed by atoms with van der Waals surface area (Å²) >= 11 is 0. The Morgan fingerprint density at radius 1 is 1.14 bits per heavy atom. The van der Waals surface area contributed by atoms with Gasteiger partial charge in [0, 0.05) is 0 Å². The lowest BCUT2D eigenvalue weighted by Gasteiger charge is -2.25. The molecule has 1 rings (SSSR count). The van der Waals surface area contributed by atoms with Crippen LogP contribution in [0.2, 0.25) is 0 Å². The largest absolute Gasteiger partial charge is 0.491 e. The lowest BCUT2D eigenvalue weighted by molar-refractivity contribution is -0.142. The molecule has 0 heterocycles. The van der Waals surface area contributed by atoms with E-state index in [9.17, 15) is 4.79 Å².